The smallest absolute Gasteiger partial charge is 0.396 e. The normalized spacial score (nSPS) is 11.4. The van der Waals surface area contributed by atoms with E-state index in [0.29, 0.717) is 11.5 Å². The molecule has 2 aromatic carbocycles. The lowest BCUT2D eigenvalue weighted by atomic mass is 10.1. The van der Waals surface area contributed by atoms with Crippen molar-refractivity contribution >= 4 is 34.1 Å². The first kappa shape index (κ1) is 26.1. The number of carbonyl (C=O) groups is 2. The van der Waals surface area contributed by atoms with Crippen molar-refractivity contribution in [2.24, 2.45) is 0 Å². The fourth-order valence-corrected chi connectivity index (χ4v) is 4.06. The summed E-state index contributed by atoms with van der Waals surface area (Å²) in [5, 5.41) is 1.62. The van der Waals surface area contributed by atoms with E-state index in [0.717, 1.165) is 58.9 Å². The predicted molar refractivity (Wildman–Crippen MR) is 140 cm³/mol. The van der Waals surface area contributed by atoms with E-state index < -0.39 is 19.1 Å². The zero-order valence-electron chi connectivity index (χ0n) is 21.5. The number of nitrogens with zero attached hydrogens (tertiary/aromatic N) is 2. The Morgan fingerprint density at radius 3 is 1.54 bits per heavy atom. The summed E-state index contributed by atoms with van der Waals surface area (Å²) in [5.41, 5.74) is 3.75. The van der Waals surface area contributed by atoms with Crippen molar-refractivity contribution in [3.63, 3.8) is 0 Å². The molecular formula is C27H32N4O6. The third-order valence-corrected chi connectivity index (χ3v) is 5.90. The molecule has 0 atom stereocenters. The highest BCUT2D eigenvalue weighted by Crippen LogP contribution is 2.30. The molecular weight excluding hydrogens is 476 g/mol. The number of benzene rings is 2. The van der Waals surface area contributed by atoms with Gasteiger partial charge in [-0.15, -0.1) is 0 Å². The summed E-state index contributed by atoms with van der Waals surface area (Å²) in [6.07, 6.45) is 3.40. The first-order valence-corrected chi connectivity index (χ1v) is 12.0. The Morgan fingerprint density at radius 1 is 0.703 bits per heavy atom. The fraction of sp³-hybridized carbons (Fsp3) is 0.333. The molecule has 4 aromatic rings. The zero-order chi connectivity index (χ0) is 26.4. The molecule has 2 heterocycles. The summed E-state index contributed by atoms with van der Waals surface area (Å²) in [4.78, 5) is 35.1. The second-order valence-corrected chi connectivity index (χ2v) is 9.20. The maximum atomic E-state index is 12.3. The number of hydrogen-bond donors (Lipinski definition) is 2. The van der Waals surface area contributed by atoms with Crippen molar-refractivity contribution in [2.75, 3.05) is 48.1 Å². The number of aromatic nitrogens is 2. The van der Waals surface area contributed by atoms with Crippen molar-refractivity contribution in [3.05, 3.63) is 59.9 Å². The maximum absolute atomic E-state index is 12.3. The predicted octanol–water partition coefficient (Wildman–Crippen LogP) is 4.55. The molecule has 10 nitrogen and oxygen atoms in total. The Labute approximate surface area is 215 Å². The quantitative estimate of drug-likeness (QED) is 0.183. The molecule has 0 aliphatic heterocycles. The van der Waals surface area contributed by atoms with Crippen molar-refractivity contribution in [3.8, 4) is 11.5 Å². The number of fused-ring (bicyclic) bond motifs is 2. The molecule has 0 aliphatic rings. The lowest BCUT2D eigenvalue weighted by Crippen LogP contribution is -2.18. The van der Waals surface area contributed by atoms with Crippen molar-refractivity contribution in [1.29, 1.82) is 0 Å². The lowest BCUT2D eigenvalue weighted by molar-refractivity contribution is -0.0104. The SMILES string of the molecule is CN(C)CCc1c[nH]c2cccc(OC(=O)OCOC(=O)Oc3cccc4[nH]cc(CCN(C)C)c34)c12. The highest BCUT2D eigenvalue weighted by Gasteiger charge is 2.17. The monoisotopic (exact) mass is 508 g/mol. The summed E-state index contributed by atoms with van der Waals surface area (Å²) in [5.74, 6) is 0.731. The fourth-order valence-electron chi connectivity index (χ4n) is 4.06. The molecule has 0 amide bonds. The molecule has 2 N–H and O–H groups in total. The summed E-state index contributed by atoms with van der Waals surface area (Å²) in [7, 11) is 7.99. The van der Waals surface area contributed by atoms with Crippen molar-refractivity contribution in [2.45, 2.75) is 12.8 Å². The van der Waals surface area contributed by atoms with Crippen LogP contribution in [0.3, 0.4) is 0 Å². The second kappa shape index (κ2) is 11.8. The van der Waals surface area contributed by atoms with Gasteiger partial charge in [-0.1, -0.05) is 12.1 Å². The van der Waals surface area contributed by atoms with Crippen LogP contribution in [0.5, 0.6) is 11.5 Å². The minimum Gasteiger partial charge on any atom is -0.396 e. The van der Waals surface area contributed by atoms with Crippen LogP contribution < -0.4 is 9.47 Å². The van der Waals surface area contributed by atoms with Gasteiger partial charge in [-0.05, 0) is 76.4 Å². The number of ether oxygens (including phenoxy) is 4. The van der Waals surface area contributed by atoms with E-state index in [2.05, 4.69) is 19.8 Å². The van der Waals surface area contributed by atoms with E-state index >= 15 is 0 Å². The van der Waals surface area contributed by atoms with Crippen molar-refractivity contribution < 1.29 is 28.5 Å². The summed E-state index contributed by atoms with van der Waals surface area (Å²) in [6, 6.07) is 10.7. The number of aromatic amines is 2. The second-order valence-electron chi connectivity index (χ2n) is 9.20. The average Bonchev–Trinajstić information content (AvgIpc) is 3.46. The van der Waals surface area contributed by atoms with Crippen LogP contribution in [-0.4, -0.2) is 80.2 Å². The molecule has 2 aromatic heterocycles. The van der Waals surface area contributed by atoms with Gasteiger partial charge in [0.15, 0.2) is 0 Å². The first-order chi connectivity index (χ1) is 17.8. The highest BCUT2D eigenvalue weighted by molar-refractivity contribution is 5.91. The molecule has 0 spiro atoms. The largest absolute Gasteiger partial charge is 0.516 e. The van der Waals surface area contributed by atoms with Gasteiger partial charge in [0.2, 0.25) is 6.79 Å². The topological polar surface area (TPSA) is 109 Å². The van der Waals surface area contributed by atoms with E-state index in [-0.39, 0.29) is 0 Å². The van der Waals surface area contributed by atoms with Crippen LogP contribution in [0.2, 0.25) is 0 Å². The molecule has 37 heavy (non-hydrogen) atoms. The van der Waals surface area contributed by atoms with Crippen LogP contribution in [0.4, 0.5) is 9.59 Å². The molecule has 0 saturated heterocycles. The third-order valence-electron chi connectivity index (χ3n) is 5.90. The van der Waals surface area contributed by atoms with Crippen LogP contribution in [-0.2, 0) is 22.3 Å². The molecule has 4 rings (SSSR count). The molecule has 0 saturated carbocycles. The van der Waals surface area contributed by atoms with E-state index in [1.54, 1.807) is 24.3 Å². The molecule has 0 radical (unpaired) electrons. The van der Waals surface area contributed by atoms with Gasteiger partial charge in [0.25, 0.3) is 0 Å². The Morgan fingerprint density at radius 2 is 1.14 bits per heavy atom. The molecule has 196 valence electrons. The summed E-state index contributed by atoms with van der Waals surface area (Å²) >= 11 is 0. The molecule has 10 heteroatoms. The van der Waals surface area contributed by atoms with E-state index in [9.17, 15) is 9.59 Å². The standard InChI is InChI=1S/C27H32N4O6/c1-30(2)13-11-18-15-28-20-7-5-9-22(24(18)20)36-26(32)34-17-35-27(33)37-23-10-6-8-21-25(23)19(16-29-21)12-14-31(3)4/h5-10,15-16,28-29H,11-14,17H2,1-4H3. The molecule has 0 bridgehead atoms. The minimum absolute atomic E-state index is 0.365. The Balaban J connectivity index is 1.33. The number of H-pyrrole nitrogens is 2. The summed E-state index contributed by atoms with van der Waals surface area (Å²) < 4.78 is 20.7. The van der Waals surface area contributed by atoms with Crippen LogP contribution in [0.1, 0.15) is 11.1 Å². The van der Waals surface area contributed by atoms with Gasteiger partial charge in [-0.3, -0.25) is 0 Å². The van der Waals surface area contributed by atoms with E-state index in [4.69, 9.17) is 18.9 Å². The number of hydrogen-bond acceptors (Lipinski definition) is 8. The maximum Gasteiger partial charge on any atom is 0.516 e. The number of likely N-dealkylation sites (N-methyl/N-ethyl adjacent to an activating group) is 2. The van der Waals surface area contributed by atoms with Gasteiger partial charge >= 0.3 is 12.3 Å². The number of carbonyl (C=O) groups excluding carboxylic acids is 2. The third kappa shape index (κ3) is 6.60. The van der Waals surface area contributed by atoms with Crippen molar-refractivity contribution in [1.82, 2.24) is 19.8 Å². The molecule has 0 unspecified atom stereocenters. The van der Waals surface area contributed by atoms with Gasteiger partial charge in [0.1, 0.15) is 11.5 Å². The number of rotatable bonds is 10. The van der Waals surface area contributed by atoms with Gasteiger partial charge in [0, 0.05) is 47.3 Å². The first-order valence-electron chi connectivity index (χ1n) is 12.0. The van der Waals surface area contributed by atoms with E-state index in [1.165, 1.54) is 0 Å². The van der Waals surface area contributed by atoms with Gasteiger partial charge in [-0.2, -0.15) is 0 Å². The van der Waals surface area contributed by atoms with Crippen LogP contribution in [0, 0.1) is 0 Å². The highest BCUT2D eigenvalue weighted by atomic mass is 16.8. The molecule has 0 aliphatic carbocycles. The van der Waals surface area contributed by atoms with Gasteiger partial charge < -0.3 is 38.7 Å². The van der Waals surface area contributed by atoms with Gasteiger partial charge in [-0.25, -0.2) is 9.59 Å². The van der Waals surface area contributed by atoms with Crippen LogP contribution in [0.25, 0.3) is 21.8 Å². The van der Waals surface area contributed by atoms with Gasteiger partial charge in [0.05, 0.1) is 0 Å². The molecule has 0 fully saturated rings. The zero-order valence-corrected chi connectivity index (χ0v) is 21.5. The average molecular weight is 509 g/mol. The van der Waals surface area contributed by atoms with E-state index in [1.807, 2.05) is 52.7 Å². The summed E-state index contributed by atoms with van der Waals surface area (Å²) in [6.45, 7) is 1.04. The lowest BCUT2D eigenvalue weighted by Gasteiger charge is -2.11. The Bertz CT molecular complexity index is 1270. The Hall–Kier alpha value is -4.02. The number of nitrogens with one attached hydrogen (secondary N) is 2. The minimum atomic E-state index is -0.987. The van der Waals surface area contributed by atoms with Crippen LogP contribution >= 0.6 is 0 Å². The Kier molecular flexibility index (Phi) is 8.32. The van der Waals surface area contributed by atoms with Crippen LogP contribution in [0.15, 0.2) is 48.8 Å².